The van der Waals surface area contributed by atoms with Crippen LogP contribution in [0.5, 0.6) is 0 Å². The minimum Gasteiger partial charge on any atom is -0.444 e. The highest BCUT2D eigenvalue weighted by Gasteiger charge is 2.27. The van der Waals surface area contributed by atoms with E-state index in [-0.39, 0.29) is 30.4 Å². The second-order valence-corrected chi connectivity index (χ2v) is 5.61. The van der Waals surface area contributed by atoms with Gasteiger partial charge in [-0.2, -0.15) is 0 Å². The molecule has 6 nitrogen and oxygen atoms in total. The first-order valence-electron chi connectivity index (χ1n) is 6.42. The van der Waals surface area contributed by atoms with E-state index in [2.05, 4.69) is 21.2 Å². The fourth-order valence-corrected chi connectivity index (χ4v) is 2.34. The van der Waals surface area contributed by atoms with Gasteiger partial charge in [-0.3, -0.25) is 9.59 Å². The van der Waals surface area contributed by atoms with Gasteiger partial charge < -0.3 is 19.4 Å². The molecule has 1 aromatic heterocycles. The topological polar surface area (TPSA) is 71.8 Å². The monoisotopic (exact) mass is 344 g/mol. The third kappa shape index (κ3) is 3.61. The average Bonchev–Trinajstić information content (AvgIpc) is 2.85. The van der Waals surface area contributed by atoms with Gasteiger partial charge in [0.2, 0.25) is 5.91 Å². The van der Waals surface area contributed by atoms with Gasteiger partial charge in [-0.25, -0.2) is 0 Å². The molecule has 0 radical (unpaired) electrons. The quantitative estimate of drug-likeness (QED) is 0.899. The van der Waals surface area contributed by atoms with Crippen molar-refractivity contribution in [3.63, 3.8) is 0 Å². The first-order chi connectivity index (χ1) is 9.47. The Morgan fingerprint density at radius 3 is 2.85 bits per heavy atom. The number of rotatable bonds is 3. The number of carbonyl (C=O) groups excluding carboxylic acids is 2. The van der Waals surface area contributed by atoms with Gasteiger partial charge >= 0.3 is 0 Å². The molecule has 0 aromatic carbocycles. The lowest BCUT2D eigenvalue weighted by molar-refractivity contribution is -0.142. The highest BCUT2D eigenvalue weighted by molar-refractivity contribution is 9.10. The van der Waals surface area contributed by atoms with Crippen molar-refractivity contribution in [2.24, 2.45) is 0 Å². The number of carbonyl (C=O) groups is 2. The van der Waals surface area contributed by atoms with Crippen molar-refractivity contribution in [2.75, 3.05) is 19.7 Å². The number of morpholine rings is 1. The number of hydrogen-bond donors (Lipinski definition) is 1. The van der Waals surface area contributed by atoms with Gasteiger partial charge in [0, 0.05) is 6.54 Å². The van der Waals surface area contributed by atoms with Gasteiger partial charge in [0.15, 0.2) is 10.4 Å². The second-order valence-electron chi connectivity index (χ2n) is 4.83. The fraction of sp³-hybridized carbons (Fsp3) is 0.538. The fourth-order valence-electron chi connectivity index (χ4n) is 2.03. The van der Waals surface area contributed by atoms with E-state index in [1.807, 2.05) is 13.8 Å². The lowest BCUT2D eigenvalue weighted by Gasteiger charge is -2.36. The Balaban J connectivity index is 1.87. The summed E-state index contributed by atoms with van der Waals surface area (Å²) in [6, 6.07) is 3.19. The molecule has 1 aliphatic rings. The van der Waals surface area contributed by atoms with Gasteiger partial charge in [0.1, 0.15) is 0 Å². The second kappa shape index (κ2) is 6.41. The third-order valence-electron chi connectivity index (χ3n) is 3.13. The van der Waals surface area contributed by atoms with Crippen LogP contribution in [0.3, 0.4) is 0 Å². The zero-order valence-electron chi connectivity index (χ0n) is 11.4. The van der Waals surface area contributed by atoms with E-state index in [0.717, 1.165) is 0 Å². The lowest BCUT2D eigenvalue weighted by Crippen LogP contribution is -2.52. The molecule has 1 saturated heterocycles. The summed E-state index contributed by atoms with van der Waals surface area (Å²) in [6.45, 7) is 4.86. The van der Waals surface area contributed by atoms with Crippen LogP contribution < -0.4 is 5.32 Å². The maximum absolute atomic E-state index is 12.1. The van der Waals surface area contributed by atoms with Gasteiger partial charge in [0.05, 0.1) is 25.3 Å². The van der Waals surface area contributed by atoms with Crippen molar-refractivity contribution in [1.29, 1.82) is 0 Å². The number of nitrogens with zero attached hydrogens (tertiary/aromatic N) is 1. The molecule has 1 N–H and O–H groups in total. The summed E-state index contributed by atoms with van der Waals surface area (Å²) < 4.78 is 11.1. The summed E-state index contributed by atoms with van der Waals surface area (Å²) in [5, 5.41) is 2.56. The molecule has 110 valence electrons. The smallest absolute Gasteiger partial charge is 0.287 e. The Kier molecular flexibility index (Phi) is 4.82. The minimum atomic E-state index is -0.405. The first-order valence-corrected chi connectivity index (χ1v) is 7.21. The Hall–Kier alpha value is -1.34. The van der Waals surface area contributed by atoms with Crippen molar-refractivity contribution in [1.82, 2.24) is 10.2 Å². The Morgan fingerprint density at radius 1 is 1.45 bits per heavy atom. The van der Waals surface area contributed by atoms with E-state index in [1.54, 1.807) is 17.0 Å². The SMILES string of the molecule is CC1CN(C(=O)CNC(=O)c2ccc(Br)o2)C(C)CO1. The van der Waals surface area contributed by atoms with E-state index in [1.165, 1.54) is 0 Å². The number of ether oxygens (including phenoxy) is 1. The number of furan rings is 1. The summed E-state index contributed by atoms with van der Waals surface area (Å²) in [6.07, 6.45) is 0.0203. The van der Waals surface area contributed by atoms with Crippen LogP contribution in [0.25, 0.3) is 0 Å². The van der Waals surface area contributed by atoms with Gasteiger partial charge in [-0.05, 0) is 41.9 Å². The Morgan fingerprint density at radius 2 is 2.20 bits per heavy atom. The van der Waals surface area contributed by atoms with Crippen molar-refractivity contribution in [2.45, 2.75) is 26.0 Å². The van der Waals surface area contributed by atoms with Gasteiger partial charge in [-0.15, -0.1) is 0 Å². The molecular formula is C13H17BrN2O4. The van der Waals surface area contributed by atoms with Crippen LogP contribution in [0.2, 0.25) is 0 Å². The molecule has 0 saturated carbocycles. The molecular weight excluding hydrogens is 328 g/mol. The summed E-state index contributed by atoms with van der Waals surface area (Å²) in [5.41, 5.74) is 0. The van der Waals surface area contributed by atoms with Crippen molar-refractivity contribution < 1.29 is 18.7 Å². The average molecular weight is 345 g/mol. The van der Waals surface area contributed by atoms with E-state index < -0.39 is 5.91 Å². The molecule has 20 heavy (non-hydrogen) atoms. The molecule has 2 unspecified atom stereocenters. The summed E-state index contributed by atoms with van der Waals surface area (Å²) in [4.78, 5) is 25.6. The zero-order chi connectivity index (χ0) is 14.7. The van der Waals surface area contributed by atoms with Crippen molar-refractivity contribution >= 4 is 27.7 Å². The van der Waals surface area contributed by atoms with Crippen molar-refractivity contribution in [3.8, 4) is 0 Å². The van der Waals surface area contributed by atoms with E-state index in [0.29, 0.717) is 17.8 Å². The van der Waals surface area contributed by atoms with E-state index in [9.17, 15) is 9.59 Å². The summed E-state index contributed by atoms with van der Waals surface area (Å²) >= 11 is 3.12. The van der Waals surface area contributed by atoms with Crippen molar-refractivity contribution in [3.05, 3.63) is 22.6 Å². The highest BCUT2D eigenvalue weighted by Crippen LogP contribution is 2.14. The predicted octanol–water partition coefficient (Wildman–Crippen LogP) is 1.41. The molecule has 0 bridgehead atoms. The van der Waals surface area contributed by atoms with Gasteiger partial charge in [0.25, 0.3) is 5.91 Å². The number of amides is 2. The van der Waals surface area contributed by atoms with Crippen LogP contribution in [-0.4, -0.2) is 48.6 Å². The zero-order valence-corrected chi connectivity index (χ0v) is 13.0. The summed E-state index contributed by atoms with van der Waals surface area (Å²) in [7, 11) is 0. The highest BCUT2D eigenvalue weighted by atomic mass is 79.9. The molecule has 1 fully saturated rings. The van der Waals surface area contributed by atoms with Gasteiger partial charge in [-0.1, -0.05) is 0 Å². The summed E-state index contributed by atoms with van der Waals surface area (Å²) in [5.74, 6) is -0.349. The molecule has 0 spiro atoms. The van der Waals surface area contributed by atoms with Crippen LogP contribution in [0, 0.1) is 0 Å². The molecule has 2 rings (SSSR count). The first kappa shape index (κ1) is 15.1. The minimum absolute atomic E-state index is 0.0203. The van der Waals surface area contributed by atoms with E-state index in [4.69, 9.17) is 9.15 Å². The molecule has 1 aliphatic heterocycles. The number of nitrogens with one attached hydrogen (secondary N) is 1. The molecule has 2 atom stereocenters. The Bertz CT molecular complexity index is 502. The normalized spacial score (nSPS) is 22.6. The molecule has 2 amide bonds. The lowest BCUT2D eigenvalue weighted by atomic mass is 10.2. The van der Waals surface area contributed by atoms with Crippen LogP contribution in [0.1, 0.15) is 24.4 Å². The molecule has 7 heteroatoms. The Labute approximate surface area is 125 Å². The van der Waals surface area contributed by atoms with Crippen LogP contribution in [-0.2, 0) is 9.53 Å². The standard InChI is InChI=1S/C13H17BrN2O4/c1-8-7-19-9(2)6-16(8)12(17)5-15-13(18)10-3-4-11(14)20-10/h3-4,8-9H,5-7H2,1-2H3,(H,15,18). The number of hydrogen-bond acceptors (Lipinski definition) is 4. The van der Waals surface area contributed by atoms with Crippen LogP contribution in [0.15, 0.2) is 21.2 Å². The largest absolute Gasteiger partial charge is 0.444 e. The molecule has 0 aliphatic carbocycles. The maximum atomic E-state index is 12.1. The van der Waals surface area contributed by atoms with Crippen LogP contribution >= 0.6 is 15.9 Å². The maximum Gasteiger partial charge on any atom is 0.287 e. The third-order valence-corrected chi connectivity index (χ3v) is 3.55. The molecule has 2 heterocycles. The number of halogens is 1. The molecule has 1 aromatic rings. The van der Waals surface area contributed by atoms with E-state index >= 15 is 0 Å². The van der Waals surface area contributed by atoms with Crippen LogP contribution in [0.4, 0.5) is 0 Å². The predicted molar refractivity (Wildman–Crippen MR) is 75.3 cm³/mol.